The van der Waals surface area contributed by atoms with Crippen LogP contribution in [0.15, 0.2) is 18.2 Å². The first-order chi connectivity index (χ1) is 9.11. The van der Waals surface area contributed by atoms with Crippen molar-refractivity contribution >= 4 is 11.4 Å². The number of hydrogen-bond acceptors (Lipinski definition) is 4. The summed E-state index contributed by atoms with van der Waals surface area (Å²) < 4.78 is 5.12. The Morgan fingerprint density at radius 3 is 2.84 bits per heavy atom. The molecule has 0 saturated heterocycles. The number of nitro benzene ring substituents is 1. The molecule has 1 aliphatic rings. The second-order valence-corrected chi connectivity index (χ2v) is 5.19. The minimum Gasteiger partial charge on any atom is -0.497 e. The first kappa shape index (κ1) is 13.6. The second-order valence-electron chi connectivity index (χ2n) is 5.19. The minimum atomic E-state index is -0.361. The molecule has 2 atom stereocenters. The van der Waals surface area contributed by atoms with Crippen molar-refractivity contribution < 1.29 is 9.66 Å². The van der Waals surface area contributed by atoms with Crippen LogP contribution < -0.4 is 10.1 Å². The molecule has 0 spiro atoms. The number of methoxy groups -OCH3 is 1. The number of benzene rings is 1. The predicted molar refractivity (Wildman–Crippen MR) is 74.6 cm³/mol. The summed E-state index contributed by atoms with van der Waals surface area (Å²) in [6.07, 6.45) is 3.71. The Labute approximate surface area is 113 Å². The lowest BCUT2D eigenvalue weighted by Gasteiger charge is -2.17. The molecule has 104 valence electrons. The van der Waals surface area contributed by atoms with Crippen molar-refractivity contribution in [2.45, 2.75) is 26.2 Å². The van der Waals surface area contributed by atoms with Crippen molar-refractivity contribution in [1.29, 1.82) is 0 Å². The minimum absolute atomic E-state index is 0.103. The van der Waals surface area contributed by atoms with Crippen LogP contribution in [0.3, 0.4) is 0 Å². The summed E-state index contributed by atoms with van der Waals surface area (Å²) in [6.45, 7) is 3.04. The summed E-state index contributed by atoms with van der Waals surface area (Å²) in [6, 6.07) is 4.79. The zero-order chi connectivity index (χ0) is 13.8. The molecule has 0 bridgehead atoms. The molecule has 0 radical (unpaired) electrons. The van der Waals surface area contributed by atoms with Crippen LogP contribution in [0.5, 0.6) is 5.75 Å². The molecule has 2 unspecified atom stereocenters. The van der Waals surface area contributed by atoms with Crippen molar-refractivity contribution in [1.82, 2.24) is 0 Å². The number of hydrogen-bond donors (Lipinski definition) is 1. The van der Waals surface area contributed by atoms with E-state index in [9.17, 15) is 10.1 Å². The van der Waals surface area contributed by atoms with Crippen molar-refractivity contribution in [3.8, 4) is 5.75 Å². The van der Waals surface area contributed by atoms with Gasteiger partial charge in [0.2, 0.25) is 0 Å². The van der Waals surface area contributed by atoms with Gasteiger partial charge in [-0.25, -0.2) is 0 Å². The number of rotatable bonds is 5. The van der Waals surface area contributed by atoms with Gasteiger partial charge in [-0.2, -0.15) is 0 Å². The average Bonchev–Trinajstić information content (AvgIpc) is 2.81. The number of nitrogens with zero attached hydrogens (tertiary/aromatic N) is 1. The van der Waals surface area contributed by atoms with E-state index in [1.807, 2.05) is 0 Å². The van der Waals surface area contributed by atoms with Crippen LogP contribution in [0.2, 0.25) is 0 Å². The fourth-order valence-corrected chi connectivity index (χ4v) is 2.71. The highest BCUT2D eigenvalue weighted by Crippen LogP contribution is 2.33. The number of nitrogens with one attached hydrogen (secondary N) is 1. The summed E-state index contributed by atoms with van der Waals surface area (Å²) in [5.74, 6) is 1.93. The fourth-order valence-electron chi connectivity index (χ4n) is 2.71. The molecule has 19 heavy (non-hydrogen) atoms. The SMILES string of the molecule is COc1ccc([N+](=O)[O-])c(NCC2CCCC2C)c1. The average molecular weight is 264 g/mol. The van der Waals surface area contributed by atoms with E-state index in [4.69, 9.17) is 4.74 Å². The Hall–Kier alpha value is -1.78. The summed E-state index contributed by atoms with van der Waals surface area (Å²) in [7, 11) is 1.56. The Kier molecular flexibility index (Phi) is 4.24. The normalized spacial score (nSPS) is 22.2. The van der Waals surface area contributed by atoms with Crippen molar-refractivity contribution in [3.63, 3.8) is 0 Å². The summed E-state index contributed by atoms with van der Waals surface area (Å²) in [5.41, 5.74) is 0.648. The highest BCUT2D eigenvalue weighted by atomic mass is 16.6. The number of nitro groups is 1. The number of anilines is 1. The zero-order valence-corrected chi connectivity index (χ0v) is 11.4. The molecule has 1 N–H and O–H groups in total. The van der Waals surface area contributed by atoms with E-state index in [1.54, 1.807) is 19.2 Å². The third kappa shape index (κ3) is 3.16. The fraction of sp³-hybridized carbons (Fsp3) is 0.571. The molecule has 0 amide bonds. The molecule has 5 nitrogen and oxygen atoms in total. The van der Waals surface area contributed by atoms with Crippen LogP contribution in [0, 0.1) is 22.0 Å². The first-order valence-electron chi connectivity index (χ1n) is 6.68. The maximum Gasteiger partial charge on any atom is 0.292 e. The predicted octanol–water partition coefficient (Wildman–Crippen LogP) is 3.45. The van der Waals surface area contributed by atoms with Gasteiger partial charge in [-0.3, -0.25) is 10.1 Å². The van der Waals surface area contributed by atoms with Crippen LogP contribution in [0.1, 0.15) is 26.2 Å². The van der Waals surface area contributed by atoms with Crippen molar-refractivity contribution in [2.75, 3.05) is 19.0 Å². The van der Waals surface area contributed by atoms with Crippen LogP contribution in [0.25, 0.3) is 0 Å². The van der Waals surface area contributed by atoms with Crippen LogP contribution in [-0.4, -0.2) is 18.6 Å². The topological polar surface area (TPSA) is 64.4 Å². The Balaban J connectivity index is 2.10. The van der Waals surface area contributed by atoms with E-state index < -0.39 is 0 Å². The Morgan fingerprint density at radius 2 is 2.26 bits per heavy atom. The van der Waals surface area contributed by atoms with E-state index in [-0.39, 0.29) is 10.6 Å². The van der Waals surface area contributed by atoms with Crippen molar-refractivity contribution in [3.05, 3.63) is 28.3 Å². The highest BCUT2D eigenvalue weighted by molar-refractivity contribution is 5.64. The molecule has 5 heteroatoms. The molecule has 2 rings (SSSR count). The molecule has 1 saturated carbocycles. The molecule has 1 fully saturated rings. The Bertz CT molecular complexity index is 462. The van der Waals surface area contributed by atoms with Crippen LogP contribution in [-0.2, 0) is 0 Å². The number of ether oxygens (including phenoxy) is 1. The third-order valence-electron chi connectivity index (χ3n) is 3.99. The van der Waals surface area contributed by atoms with Gasteiger partial charge in [-0.05, 0) is 24.3 Å². The van der Waals surface area contributed by atoms with Crippen LogP contribution >= 0.6 is 0 Å². The molecule has 0 heterocycles. The standard InChI is InChI=1S/C14H20N2O3/c1-10-4-3-5-11(10)9-15-13-8-12(19-2)6-7-14(13)16(17)18/h6-8,10-11,15H,3-5,9H2,1-2H3. The van der Waals surface area contributed by atoms with Gasteiger partial charge in [0.15, 0.2) is 0 Å². The molecule has 1 aliphatic carbocycles. The van der Waals surface area contributed by atoms with Gasteiger partial charge >= 0.3 is 0 Å². The molecule has 1 aromatic rings. The van der Waals surface area contributed by atoms with Gasteiger partial charge in [0.05, 0.1) is 12.0 Å². The van der Waals surface area contributed by atoms with E-state index in [0.29, 0.717) is 23.3 Å². The monoisotopic (exact) mass is 264 g/mol. The summed E-state index contributed by atoms with van der Waals surface area (Å²) in [5, 5.41) is 14.2. The van der Waals surface area contributed by atoms with E-state index in [0.717, 1.165) is 6.54 Å². The summed E-state index contributed by atoms with van der Waals surface area (Å²) in [4.78, 5) is 10.6. The lowest BCUT2D eigenvalue weighted by atomic mass is 9.98. The second kappa shape index (κ2) is 5.91. The maximum atomic E-state index is 11.0. The van der Waals surface area contributed by atoms with E-state index in [1.165, 1.54) is 25.3 Å². The molecular formula is C14H20N2O3. The zero-order valence-electron chi connectivity index (χ0n) is 11.4. The molecular weight excluding hydrogens is 244 g/mol. The van der Waals surface area contributed by atoms with Gasteiger partial charge < -0.3 is 10.1 Å². The lowest BCUT2D eigenvalue weighted by Crippen LogP contribution is -2.17. The van der Waals surface area contributed by atoms with Gasteiger partial charge in [0.1, 0.15) is 11.4 Å². The largest absolute Gasteiger partial charge is 0.497 e. The smallest absolute Gasteiger partial charge is 0.292 e. The third-order valence-corrected chi connectivity index (χ3v) is 3.99. The van der Waals surface area contributed by atoms with E-state index in [2.05, 4.69) is 12.2 Å². The van der Waals surface area contributed by atoms with Crippen LogP contribution in [0.4, 0.5) is 11.4 Å². The van der Waals surface area contributed by atoms with Gasteiger partial charge in [0, 0.05) is 18.7 Å². The quantitative estimate of drug-likeness (QED) is 0.653. The molecule has 1 aromatic carbocycles. The molecule has 0 aromatic heterocycles. The lowest BCUT2D eigenvalue weighted by molar-refractivity contribution is -0.384. The molecule has 0 aliphatic heterocycles. The van der Waals surface area contributed by atoms with Gasteiger partial charge in [-0.15, -0.1) is 0 Å². The Morgan fingerprint density at radius 1 is 1.47 bits per heavy atom. The van der Waals surface area contributed by atoms with Gasteiger partial charge in [0.25, 0.3) is 5.69 Å². The summed E-state index contributed by atoms with van der Waals surface area (Å²) >= 11 is 0. The maximum absolute atomic E-state index is 11.0. The van der Waals surface area contributed by atoms with Crippen molar-refractivity contribution in [2.24, 2.45) is 11.8 Å². The van der Waals surface area contributed by atoms with Gasteiger partial charge in [-0.1, -0.05) is 19.8 Å². The highest BCUT2D eigenvalue weighted by Gasteiger charge is 2.24. The van der Waals surface area contributed by atoms with E-state index >= 15 is 0 Å². The first-order valence-corrected chi connectivity index (χ1v) is 6.68.